The summed E-state index contributed by atoms with van der Waals surface area (Å²) in [5.74, 6) is -1.46. The van der Waals surface area contributed by atoms with Crippen molar-refractivity contribution in [2.75, 3.05) is 5.32 Å². The van der Waals surface area contributed by atoms with Crippen molar-refractivity contribution in [3.8, 4) is 11.1 Å². The van der Waals surface area contributed by atoms with E-state index in [1.807, 2.05) is 6.92 Å². The zero-order valence-corrected chi connectivity index (χ0v) is 17.8. The minimum atomic E-state index is -1.65. The molecule has 0 radical (unpaired) electrons. The number of aryl methyl sites for hydroxylation is 1. The number of nitrogens with zero attached hydrogens (tertiary/aromatic N) is 3. The van der Waals surface area contributed by atoms with Gasteiger partial charge < -0.3 is 9.84 Å². The highest BCUT2D eigenvalue weighted by atomic mass is 19.1. The molecule has 1 saturated carbocycles. The normalized spacial score (nSPS) is 23.8. The van der Waals surface area contributed by atoms with Crippen LogP contribution in [0.2, 0.25) is 0 Å². The van der Waals surface area contributed by atoms with Crippen LogP contribution in [-0.2, 0) is 15.1 Å². The van der Waals surface area contributed by atoms with Crippen LogP contribution in [-0.4, -0.2) is 37.5 Å². The number of halogens is 1. The van der Waals surface area contributed by atoms with E-state index in [0.29, 0.717) is 29.5 Å². The molecular formula is C24H21FN4O4. The summed E-state index contributed by atoms with van der Waals surface area (Å²) < 4.78 is 19.8. The van der Waals surface area contributed by atoms with Crippen molar-refractivity contribution < 1.29 is 23.8 Å². The van der Waals surface area contributed by atoms with Gasteiger partial charge in [0, 0.05) is 41.5 Å². The first-order valence-corrected chi connectivity index (χ1v) is 10.6. The molecule has 1 spiro atoms. The maximum atomic E-state index is 14.1. The number of hydrogen-bond acceptors (Lipinski definition) is 7. The monoisotopic (exact) mass is 448 g/mol. The van der Waals surface area contributed by atoms with Gasteiger partial charge in [-0.05, 0) is 50.8 Å². The molecule has 33 heavy (non-hydrogen) atoms. The van der Waals surface area contributed by atoms with Crippen molar-refractivity contribution in [1.82, 2.24) is 15.0 Å². The van der Waals surface area contributed by atoms with Crippen LogP contribution >= 0.6 is 0 Å². The van der Waals surface area contributed by atoms with Gasteiger partial charge in [0.25, 0.3) is 5.91 Å². The van der Waals surface area contributed by atoms with Gasteiger partial charge in [0.1, 0.15) is 17.0 Å². The molecule has 1 amide bonds. The van der Waals surface area contributed by atoms with E-state index in [4.69, 9.17) is 4.74 Å². The number of carbonyl (C=O) groups is 2. The van der Waals surface area contributed by atoms with Crippen molar-refractivity contribution in [2.45, 2.75) is 43.8 Å². The molecule has 0 unspecified atom stereocenters. The number of aromatic nitrogens is 3. The Morgan fingerprint density at radius 2 is 1.82 bits per heavy atom. The standard InChI is InChI=1S/C24H21FN4O4/c1-14-2-3-19(25)16(10-14)15-11-27-22(28-12-15)29-21(31)23(32)5-7-24(8-6-23)18-4-9-26-13-17(18)20(30)33-24/h2-4,9-13,32H,5-8H2,1H3,(H,27,28,29,31)/t23-,24-. The van der Waals surface area contributed by atoms with Crippen LogP contribution < -0.4 is 5.32 Å². The third-order valence-corrected chi connectivity index (χ3v) is 6.44. The molecule has 3 aromatic rings. The minimum absolute atomic E-state index is 0.00855. The SMILES string of the molecule is Cc1ccc(F)c(-c2cnc(NC(=O)[C@]3(O)CC[C@@]4(CC3)OC(=O)c3cnccc34)nc2)c1. The first-order chi connectivity index (χ1) is 15.8. The molecule has 2 N–H and O–H groups in total. The Balaban J connectivity index is 1.28. The highest BCUT2D eigenvalue weighted by Crippen LogP contribution is 2.49. The van der Waals surface area contributed by atoms with Crippen molar-refractivity contribution in [2.24, 2.45) is 0 Å². The number of fused-ring (bicyclic) bond motifs is 2. The van der Waals surface area contributed by atoms with E-state index in [-0.39, 0.29) is 18.8 Å². The minimum Gasteiger partial charge on any atom is -0.450 e. The van der Waals surface area contributed by atoms with Gasteiger partial charge in [-0.15, -0.1) is 0 Å². The number of carbonyl (C=O) groups excluding carboxylic acids is 2. The number of anilines is 1. The van der Waals surface area contributed by atoms with Crippen molar-refractivity contribution >= 4 is 17.8 Å². The number of amides is 1. The maximum Gasteiger partial charge on any atom is 0.341 e. The fraction of sp³-hybridized carbons (Fsp3) is 0.292. The fourth-order valence-corrected chi connectivity index (χ4v) is 4.52. The number of esters is 1. The van der Waals surface area contributed by atoms with Crippen LogP contribution in [0.1, 0.15) is 47.2 Å². The van der Waals surface area contributed by atoms with Crippen LogP contribution in [0.15, 0.2) is 49.1 Å². The molecule has 1 aliphatic carbocycles. The number of ether oxygens (including phenoxy) is 1. The Kier molecular flexibility index (Phi) is 4.93. The van der Waals surface area contributed by atoms with Crippen LogP contribution in [0, 0.1) is 12.7 Å². The summed E-state index contributed by atoms with van der Waals surface area (Å²) in [7, 11) is 0. The predicted molar refractivity (Wildman–Crippen MR) is 116 cm³/mol. The highest BCUT2D eigenvalue weighted by molar-refractivity contribution is 5.96. The van der Waals surface area contributed by atoms with Crippen molar-refractivity contribution in [3.05, 3.63) is 71.6 Å². The molecule has 2 aromatic heterocycles. The number of nitrogens with one attached hydrogen (secondary N) is 1. The summed E-state index contributed by atoms with van der Waals surface area (Å²) in [5.41, 5.74) is 0.399. The molecule has 8 nitrogen and oxygen atoms in total. The van der Waals surface area contributed by atoms with Gasteiger partial charge in [-0.25, -0.2) is 19.2 Å². The Labute approximate surface area is 188 Å². The van der Waals surface area contributed by atoms with Crippen molar-refractivity contribution in [3.63, 3.8) is 0 Å². The molecule has 168 valence electrons. The predicted octanol–water partition coefficient (Wildman–Crippen LogP) is 3.30. The second kappa shape index (κ2) is 7.70. The largest absolute Gasteiger partial charge is 0.450 e. The van der Waals surface area contributed by atoms with Crippen molar-refractivity contribution in [1.29, 1.82) is 0 Å². The fourth-order valence-electron chi connectivity index (χ4n) is 4.52. The van der Waals surface area contributed by atoms with Gasteiger partial charge in [0.15, 0.2) is 0 Å². The van der Waals surface area contributed by atoms with E-state index in [1.165, 1.54) is 24.7 Å². The van der Waals surface area contributed by atoms with Crippen LogP contribution in [0.4, 0.5) is 10.3 Å². The lowest BCUT2D eigenvalue weighted by Crippen LogP contribution is -2.49. The number of aliphatic hydroxyl groups is 1. The van der Waals surface area contributed by atoms with E-state index in [1.54, 1.807) is 24.4 Å². The van der Waals surface area contributed by atoms with Crippen LogP contribution in [0.3, 0.4) is 0 Å². The van der Waals surface area contributed by atoms with Gasteiger partial charge in [-0.3, -0.25) is 15.1 Å². The smallest absolute Gasteiger partial charge is 0.341 e. The number of rotatable bonds is 3. The van der Waals surface area contributed by atoms with Gasteiger partial charge in [-0.2, -0.15) is 0 Å². The van der Waals surface area contributed by atoms with Gasteiger partial charge in [0.2, 0.25) is 5.95 Å². The number of hydrogen-bond donors (Lipinski definition) is 2. The molecule has 1 fully saturated rings. The molecule has 3 heterocycles. The Hall–Kier alpha value is -3.72. The lowest BCUT2D eigenvalue weighted by molar-refractivity contribution is -0.144. The van der Waals surface area contributed by atoms with E-state index in [2.05, 4.69) is 20.3 Å². The molecule has 0 atom stereocenters. The maximum absolute atomic E-state index is 14.1. The topological polar surface area (TPSA) is 114 Å². The molecule has 1 aromatic carbocycles. The summed E-state index contributed by atoms with van der Waals surface area (Å²) in [4.78, 5) is 37.2. The summed E-state index contributed by atoms with van der Waals surface area (Å²) in [5, 5.41) is 13.5. The Morgan fingerprint density at radius 1 is 1.09 bits per heavy atom. The highest BCUT2D eigenvalue weighted by Gasteiger charge is 2.53. The average molecular weight is 448 g/mol. The van der Waals surface area contributed by atoms with Crippen LogP contribution in [0.25, 0.3) is 11.1 Å². The summed E-state index contributed by atoms with van der Waals surface area (Å²) >= 11 is 0. The first kappa shape index (κ1) is 21.1. The number of pyridine rings is 1. The Bertz CT molecular complexity index is 1250. The molecule has 0 bridgehead atoms. The Morgan fingerprint density at radius 3 is 2.55 bits per heavy atom. The molecule has 5 rings (SSSR count). The first-order valence-electron chi connectivity index (χ1n) is 10.6. The lowest BCUT2D eigenvalue weighted by atomic mass is 9.72. The molecule has 2 aliphatic rings. The quantitative estimate of drug-likeness (QED) is 0.591. The third kappa shape index (κ3) is 3.64. The third-order valence-electron chi connectivity index (χ3n) is 6.44. The van der Waals surface area contributed by atoms with Crippen LogP contribution in [0.5, 0.6) is 0 Å². The molecule has 0 saturated heterocycles. The average Bonchev–Trinajstić information content (AvgIpc) is 3.10. The van der Waals surface area contributed by atoms with E-state index in [0.717, 1.165) is 11.1 Å². The van der Waals surface area contributed by atoms with E-state index in [9.17, 15) is 19.1 Å². The van der Waals surface area contributed by atoms with Gasteiger partial charge in [0.05, 0.1) is 5.56 Å². The second-order valence-electron chi connectivity index (χ2n) is 8.57. The van der Waals surface area contributed by atoms with E-state index < -0.39 is 28.9 Å². The van der Waals surface area contributed by atoms with Gasteiger partial charge in [-0.1, -0.05) is 11.6 Å². The number of benzene rings is 1. The zero-order valence-electron chi connectivity index (χ0n) is 17.8. The second-order valence-corrected chi connectivity index (χ2v) is 8.57. The summed E-state index contributed by atoms with van der Waals surface area (Å²) in [6, 6.07) is 6.49. The summed E-state index contributed by atoms with van der Waals surface area (Å²) in [6.07, 6.45) is 6.70. The lowest BCUT2D eigenvalue weighted by Gasteiger charge is -2.40. The molecule has 1 aliphatic heterocycles. The summed E-state index contributed by atoms with van der Waals surface area (Å²) in [6.45, 7) is 1.86. The molecule has 9 heteroatoms. The zero-order chi connectivity index (χ0) is 23.2. The van der Waals surface area contributed by atoms with Gasteiger partial charge >= 0.3 is 5.97 Å². The van der Waals surface area contributed by atoms with E-state index >= 15 is 0 Å². The molecular weight excluding hydrogens is 427 g/mol.